The van der Waals surface area contributed by atoms with Crippen LogP contribution in [0.4, 0.5) is 4.39 Å². The van der Waals surface area contributed by atoms with Gasteiger partial charge < -0.3 is 0 Å². The molecule has 0 amide bonds. The number of halogens is 2. The van der Waals surface area contributed by atoms with Crippen molar-refractivity contribution in [2.24, 2.45) is 4.99 Å². The molecular weight excluding hydrogens is 283 g/mol. The van der Waals surface area contributed by atoms with Crippen molar-refractivity contribution in [3.63, 3.8) is 0 Å². The third-order valence-corrected chi connectivity index (χ3v) is 2.73. The summed E-state index contributed by atoms with van der Waals surface area (Å²) >= 11 is 6.07. The molecule has 102 valence electrons. The van der Waals surface area contributed by atoms with Gasteiger partial charge in [-0.25, -0.2) is 13.9 Å². The van der Waals surface area contributed by atoms with Crippen molar-refractivity contribution in [3.8, 4) is 0 Å². The Morgan fingerprint density at radius 1 is 1.60 bits per heavy atom. The molecule has 0 unspecified atom stereocenters. The lowest BCUT2D eigenvalue weighted by Crippen LogP contribution is -1.98. The van der Waals surface area contributed by atoms with Crippen LogP contribution in [-0.2, 0) is 0 Å². The number of rotatable bonds is 4. The predicted octanol–water partition coefficient (Wildman–Crippen LogP) is 3.11. The summed E-state index contributed by atoms with van der Waals surface area (Å²) in [5, 5.41) is 4.19. The number of aldehydes is 1. The van der Waals surface area contributed by atoms with E-state index < -0.39 is 5.83 Å². The molecule has 0 aliphatic heterocycles. The number of nitrogens with zero attached hydrogens (tertiary/aromatic N) is 4. The second-order valence-corrected chi connectivity index (χ2v) is 4.30. The van der Waals surface area contributed by atoms with Crippen molar-refractivity contribution in [1.82, 2.24) is 14.6 Å². The molecule has 0 saturated carbocycles. The Labute approximate surface area is 119 Å². The maximum absolute atomic E-state index is 13.1. The highest BCUT2D eigenvalue weighted by Gasteiger charge is 2.11. The predicted molar refractivity (Wildman–Crippen MR) is 75.8 cm³/mol. The van der Waals surface area contributed by atoms with Gasteiger partial charge in [-0.15, -0.1) is 0 Å². The minimum Gasteiger partial charge on any atom is -0.298 e. The minimum absolute atomic E-state index is 0.248. The van der Waals surface area contributed by atoms with E-state index in [0.29, 0.717) is 28.8 Å². The highest BCUT2D eigenvalue weighted by atomic mass is 35.5. The lowest BCUT2D eigenvalue weighted by atomic mass is 10.2. The summed E-state index contributed by atoms with van der Waals surface area (Å²) < 4.78 is 14.4. The maximum atomic E-state index is 13.1. The van der Waals surface area contributed by atoms with E-state index >= 15 is 0 Å². The monoisotopic (exact) mass is 292 g/mol. The van der Waals surface area contributed by atoms with Gasteiger partial charge in [-0.1, -0.05) is 11.6 Å². The fourth-order valence-corrected chi connectivity index (χ4v) is 1.89. The van der Waals surface area contributed by atoms with Gasteiger partial charge in [0.05, 0.1) is 23.3 Å². The second-order valence-electron chi connectivity index (χ2n) is 3.92. The molecular formula is C13H10ClFN4O. The van der Waals surface area contributed by atoms with Crippen molar-refractivity contribution >= 4 is 35.8 Å². The van der Waals surface area contributed by atoms with Gasteiger partial charge in [0.25, 0.3) is 0 Å². The van der Waals surface area contributed by atoms with E-state index in [1.807, 2.05) is 0 Å². The molecule has 20 heavy (non-hydrogen) atoms. The topological polar surface area (TPSA) is 59.6 Å². The normalized spacial score (nSPS) is 12.8. The lowest BCUT2D eigenvalue weighted by molar-refractivity contribution is 0.112. The SMILES string of the molecule is C=N/C=C(\C=C(/C)F)c1cc(Cl)n2ncc(C=O)c2n1. The fraction of sp³-hybridized carbons (Fsp3) is 0.0769. The van der Waals surface area contributed by atoms with Crippen LogP contribution in [0.15, 0.2) is 35.4 Å². The first-order valence-corrected chi connectivity index (χ1v) is 5.94. The Morgan fingerprint density at radius 3 is 2.95 bits per heavy atom. The first-order chi connectivity index (χ1) is 9.56. The van der Waals surface area contributed by atoms with Crippen LogP contribution in [0, 0.1) is 0 Å². The van der Waals surface area contributed by atoms with Crippen LogP contribution in [0.25, 0.3) is 11.2 Å². The van der Waals surface area contributed by atoms with Gasteiger partial charge in [0, 0.05) is 17.8 Å². The third-order valence-electron chi connectivity index (χ3n) is 2.46. The summed E-state index contributed by atoms with van der Waals surface area (Å²) in [6.07, 6.45) is 4.59. The largest absolute Gasteiger partial charge is 0.298 e. The lowest BCUT2D eigenvalue weighted by Gasteiger charge is -2.04. The van der Waals surface area contributed by atoms with Crippen LogP contribution >= 0.6 is 11.6 Å². The summed E-state index contributed by atoms with van der Waals surface area (Å²) in [6.45, 7) is 4.63. The van der Waals surface area contributed by atoms with E-state index in [-0.39, 0.29) is 5.15 Å². The zero-order valence-electron chi connectivity index (χ0n) is 10.5. The van der Waals surface area contributed by atoms with E-state index in [9.17, 15) is 9.18 Å². The van der Waals surface area contributed by atoms with Crippen molar-refractivity contribution in [1.29, 1.82) is 0 Å². The van der Waals surface area contributed by atoms with Crippen LogP contribution in [0.3, 0.4) is 0 Å². The van der Waals surface area contributed by atoms with Gasteiger partial charge >= 0.3 is 0 Å². The molecule has 0 bridgehead atoms. The zero-order chi connectivity index (χ0) is 14.7. The first-order valence-electron chi connectivity index (χ1n) is 5.56. The van der Waals surface area contributed by atoms with Crippen molar-refractivity contribution in [2.45, 2.75) is 6.92 Å². The zero-order valence-corrected chi connectivity index (χ0v) is 11.3. The molecule has 2 heterocycles. The molecule has 0 radical (unpaired) electrons. The summed E-state index contributed by atoms with van der Waals surface area (Å²) in [5.41, 5.74) is 1.35. The molecule has 2 aromatic rings. The standard InChI is InChI=1S/C13H10ClFN4O/c1-8(15)3-9(5-16-2)11-4-12(14)19-13(18-11)10(7-20)6-17-19/h3-7H,2H2,1H3/b8-3+,9-5+. The Bertz CT molecular complexity index is 744. The number of aliphatic imine (C=N–C) groups is 1. The van der Waals surface area contributed by atoms with Gasteiger partial charge in [0.2, 0.25) is 0 Å². The molecule has 0 atom stereocenters. The van der Waals surface area contributed by atoms with E-state index in [1.165, 1.54) is 36.0 Å². The average Bonchev–Trinajstić information content (AvgIpc) is 2.81. The number of fused-ring (bicyclic) bond motifs is 1. The summed E-state index contributed by atoms with van der Waals surface area (Å²) in [4.78, 5) is 18.8. The van der Waals surface area contributed by atoms with Gasteiger partial charge in [-0.3, -0.25) is 9.79 Å². The Balaban J connectivity index is 2.70. The van der Waals surface area contributed by atoms with Crippen LogP contribution in [0.5, 0.6) is 0 Å². The van der Waals surface area contributed by atoms with Crippen molar-refractivity contribution in [3.05, 3.63) is 46.8 Å². The summed E-state index contributed by atoms with van der Waals surface area (Å²) in [5.74, 6) is -0.415. The fourth-order valence-electron chi connectivity index (χ4n) is 1.66. The summed E-state index contributed by atoms with van der Waals surface area (Å²) in [6, 6.07) is 1.51. The van der Waals surface area contributed by atoms with Gasteiger partial charge in [0.15, 0.2) is 11.9 Å². The van der Waals surface area contributed by atoms with E-state index in [4.69, 9.17) is 11.6 Å². The molecule has 0 aliphatic rings. The van der Waals surface area contributed by atoms with Crippen LogP contribution in [0.1, 0.15) is 23.0 Å². The number of allylic oxidation sites excluding steroid dienone is 3. The van der Waals surface area contributed by atoms with Crippen molar-refractivity contribution in [2.75, 3.05) is 0 Å². The average molecular weight is 293 g/mol. The highest BCUT2D eigenvalue weighted by Crippen LogP contribution is 2.22. The highest BCUT2D eigenvalue weighted by molar-refractivity contribution is 6.30. The molecule has 2 rings (SSSR count). The number of carbonyl (C=O) groups is 1. The van der Waals surface area contributed by atoms with Crippen molar-refractivity contribution < 1.29 is 9.18 Å². The summed E-state index contributed by atoms with van der Waals surface area (Å²) in [7, 11) is 0. The van der Waals surface area contributed by atoms with Gasteiger partial charge in [0.1, 0.15) is 5.15 Å². The number of aromatic nitrogens is 3. The number of hydrogen-bond donors (Lipinski definition) is 0. The molecule has 0 saturated heterocycles. The van der Waals surface area contributed by atoms with Gasteiger partial charge in [-0.05, 0) is 19.7 Å². The van der Waals surface area contributed by atoms with Gasteiger partial charge in [-0.2, -0.15) is 5.10 Å². The third kappa shape index (κ3) is 2.65. The molecule has 2 aromatic heterocycles. The number of hydrogen-bond acceptors (Lipinski definition) is 4. The van der Waals surface area contributed by atoms with Crippen LogP contribution < -0.4 is 0 Å². The van der Waals surface area contributed by atoms with Crippen LogP contribution in [0.2, 0.25) is 5.15 Å². The Morgan fingerprint density at radius 2 is 2.35 bits per heavy atom. The van der Waals surface area contributed by atoms with Crippen LogP contribution in [-0.4, -0.2) is 27.6 Å². The molecule has 5 nitrogen and oxygen atoms in total. The maximum Gasteiger partial charge on any atom is 0.167 e. The first kappa shape index (κ1) is 14.1. The molecule has 0 aliphatic carbocycles. The smallest absolute Gasteiger partial charge is 0.167 e. The quantitative estimate of drug-likeness (QED) is 0.376. The van der Waals surface area contributed by atoms with E-state index in [2.05, 4.69) is 21.8 Å². The molecule has 0 N–H and O–H groups in total. The molecule has 0 spiro atoms. The second kappa shape index (κ2) is 5.75. The van der Waals surface area contributed by atoms with E-state index in [0.717, 1.165) is 0 Å². The molecule has 0 aromatic carbocycles. The minimum atomic E-state index is -0.415. The Kier molecular flexibility index (Phi) is 4.05. The molecule has 0 fully saturated rings. The number of carbonyl (C=O) groups excluding carboxylic acids is 1. The van der Waals surface area contributed by atoms with E-state index in [1.54, 1.807) is 0 Å². The Hall–Kier alpha value is -2.34. The molecule has 7 heteroatoms.